The predicted molar refractivity (Wildman–Crippen MR) is 187 cm³/mol. The summed E-state index contributed by atoms with van der Waals surface area (Å²) in [6, 6.07) is 0. The summed E-state index contributed by atoms with van der Waals surface area (Å²) in [5, 5.41) is 75.4. The maximum atomic E-state index is 12.3. The fraction of sp³-hybridized carbons (Fsp3) is 0.938. The lowest BCUT2D eigenvalue weighted by molar-refractivity contribution is -0.434. The molecule has 5 aliphatic rings. The zero-order valence-electron chi connectivity index (χ0n) is 32.5. The maximum Gasteiger partial charge on any atom is 0.397 e. The number of aliphatic carboxylic acids is 1. The Kier molecular flexibility index (Phi) is 18.0. The van der Waals surface area contributed by atoms with E-state index in [4.69, 9.17) is 61.0 Å². The number of carbonyl (C=O) groups excluding carboxylic acids is 1. The lowest BCUT2D eigenvalue weighted by Crippen LogP contribution is -2.64. The van der Waals surface area contributed by atoms with E-state index < -0.39 is 145 Å². The number of rotatable bonds is 18. The second kappa shape index (κ2) is 21.9. The van der Waals surface area contributed by atoms with Crippen molar-refractivity contribution in [2.24, 2.45) is 5.92 Å². The van der Waals surface area contributed by atoms with Crippen molar-refractivity contribution in [1.29, 1.82) is 0 Å². The number of aliphatic hydroxyl groups is 5. The summed E-state index contributed by atoms with van der Waals surface area (Å²) in [6.45, 7) is 5.78. The Bertz CT molecular complexity index is 1470. The van der Waals surface area contributed by atoms with Gasteiger partial charge in [-0.1, -0.05) is 12.0 Å². The molecule has 26 nitrogen and oxygen atoms in total. The highest BCUT2D eigenvalue weighted by molar-refractivity contribution is 7.89. The molecule has 0 bridgehead atoms. The van der Waals surface area contributed by atoms with Crippen LogP contribution in [0, 0.1) is 5.92 Å². The zero-order valence-corrected chi connectivity index (χ0v) is 34.1. The molecule has 5 unspecified atom stereocenters. The molecule has 0 radical (unpaired) electrons. The monoisotopic (exact) mass is 916 g/mol. The van der Waals surface area contributed by atoms with Crippen LogP contribution in [0.25, 0.3) is 0 Å². The molecule has 0 amide bonds. The standard InChI is InChI=1S/C32H52O26S2/c1-11-7-16(35)24(18(47-11)9-46-59-58-57-41)53-32-27(56-60(42,43)44)23(38)26(31(55-32)45-10-33)51-19-6-5-17(13(3)48-19)50-30-12(2)21(36)25(28(54-30)29(39)40)52-20-8-15(34)22(37)14(4)49-20/h10-28,30-32,34-38,41H,5-9H2,1-4H3,(H,39,40)(H,42,43,44)/t11-,12?,13?,14+,15-,16-,17+,18?,19-,20-,21-,22-,23+,24+,25+,26+,27?,28-,30-,31?,32-/m1/s1. The van der Waals surface area contributed by atoms with Crippen LogP contribution < -0.4 is 0 Å². The number of carbonyl (C=O) groups is 2. The molecule has 5 fully saturated rings. The molecule has 5 heterocycles. The fourth-order valence-corrected chi connectivity index (χ4v) is 8.28. The van der Waals surface area contributed by atoms with Gasteiger partial charge in [0.15, 0.2) is 55.8 Å². The number of ether oxygens (including phenoxy) is 10. The van der Waals surface area contributed by atoms with Crippen molar-refractivity contribution in [1.82, 2.24) is 0 Å². The molecule has 348 valence electrons. The van der Waals surface area contributed by atoms with Crippen LogP contribution in [0.5, 0.6) is 0 Å². The number of hydrogen-bond donors (Lipinski definition) is 8. The van der Waals surface area contributed by atoms with E-state index >= 15 is 0 Å². The Morgan fingerprint density at radius 3 is 2.08 bits per heavy atom. The zero-order chi connectivity index (χ0) is 44.1. The van der Waals surface area contributed by atoms with E-state index in [-0.39, 0.29) is 51.1 Å². The van der Waals surface area contributed by atoms with Crippen molar-refractivity contribution in [3.63, 3.8) is 0 Å². The first-order chi connectivity index (χ1) is 28.3. The van der Waals surface area contributed by atoms with Gasteiger partial charge in [0.05, 0.1) is 49.3 Å². The Morgan fingerprint density at radius 2 is 1.45 bits per heavy atom. The van der Waals surface area contributed by atoms with Crippen molar-refractivity contribution in [2.75, 3.05) is 6.61 Å². The van der Waals surface area contributed by atoms with Crippen molar-refractivity contribution >= 4 is 35.2 Å². The molecule has 5 aliphatic heterocycles. The first-order valence-corrected chi connectivity index (χ1v) is 20.9. The number of aliphatic hydroxyl groups excluding tert-OH is 5. The van der Waals surface area contributed by atoms with Gasteiger partial charge < -0.3 is 78.0 Å². The first-order valence-electron chi connectivity index (χ1n) is 18.8. The maximum absolute atomic E-state index is 12.3. The van der Waals surface area contributed by atoms with Gasteiger partial charge in [-0.15, -0.1) is 4.33 Å². The SMILES string of the molecule is CC1O[C@H](O[C@@H]2C(OC=O)O[C@@H](O[C@@H]3C(COSOOO)O[C@H](C)C[C@H]3O)C(OS(=O)(=O)O)[C@H]2O)CC[C@@H]1O[C@@H]1O[C@@H](C(=O)O)[C@@H](O[C@@H]2C[C@@H](O)[C@H](O)[C@H](C)O2)[C@H](O)C1C. The van der Waals surface area contributed by atoms with Crippen LogP contribution >= 0.6 is 12.3 Å². The van der Waals surface area contributed by atoms with Gasteiger partial charge in [0.1, 0.15) is 30.5 Å². The smallest absolute Gasteiger partial charge is 0.397 e. The largest absolute Gasteiger partial charge is 0.479 e. The molecule has 0 aliphatic carbocycles. The topological polar surface area (TPSA) is 359 Å². The highest BCUT2D eigenvalue weighted by atomic mass is 32.3. The quantitative estimate of drug-likeness (QED) is 0.0178. The van der Waals surface area contributed by atoms with Crippen molar-refractivity contribution in [3.8, 4) is 0 Å². The molecule has 0 aromatic rings. The van der Waals surface area contributed by atoms with E-state index in [1.807, 2.05) is 0 Å². The third-order valence-electron chi connectivity index (χ3n) is 10.6. The van der Waals surface area contributed by atoms with Gasteiger partial charge >= 0.3 is 16.4 Å². The van der Waals surface area contributed by atoms with E-state index in [0.717, 1.165) is 0 Å². The lowest BCUT2D eigenvalue weighted by Gasteiger charge is -2.47. The molecule has 0 aromatic carbocycles. The number of carboxylic acid groups (broad SMARTS) is 1. The summed E-state index contributed by atoms with van der Waals surface area (Å²) in [6.07, 6.45) is -27.5. The molecular formula is C32H52O26S2. The second-order valence-electron chi connectivity index (χ2n) is 14.9. The van der Waals surface area contributed by atoms with Gasteiger partial charge in [-0.3, -0.25) is 13.5 Å². The summed E-state index contributed by atoms with van der Waals surface area (Å²) in [5.74, 6) is -2.37. The Balaban J connectivity index is 1.23. The Morgan fingerprint density at radius 1 is 0.750 bits per heavy atom. The van der Waals surface area contributed by atoms with Crippen LogP contribution in [0.1, 0.15) is 53.4 Å². The Hall–Kier alpha value is -1.56. The number of carboxylic acids is 1. The molecule has 21 atom stereocenters. The predicted octanol–water partition coefficient (Wildman–Crippen LogP) is -2.34. The van der Waals surface area contributed by atoms with E-state index in [2.05, 4.69) is 9.37 Å². The molecule has 5 rings (SSSR count). The summed E-state index contributed by atoms with van der Waals surface area (Å²) in [7, 11) is -5.35. The molecule has 0 spiro atoms. The summed E-state index contributed by atoms with van der Waals surface area (Å²) in [4.78, 5) is 23.9. The van der Waals surface area contributed by atoms with Gasteiger partial charge in [-0.2, -0.15) is 8.42 Å². The van der Waals surface area contributed by atoms with Crippen LogP contribution in [0.3, 0.4) is 0 Å². The van der Waals surface area contributed by atoms with Crippen LogP contribution in [-0.4, -0.2) is 191 Å². The molecular weight excluding hydrogens is 864 g/mol. The fourth-order valence-electron chi connectivity index (χ4n) is 7.54. The van der Waals surface area contributed by atoms with Crippen LogP contribution in [0.15, 0.2) is 0 Å². The summed E-state index contributed by atoms with van der Waals surface area (Å²) < 4.78 is 105. The molecule has 5 saturated heterocycles. The minimum absolute atomic E-state index is 0.000465. The van der Waals surface area contributed by atoms with E-state index in [0.29, 0.717) is 0 Å². The van der Waals surface area contributed by atoms with Crippen LogP contribution in [0.2, 0.25) is 0 Å². The summed E-state index contributed by atoms with van der Waals surface area (Å²) >= 11 is 0.194. The third kappa shape index (κ3) is 12.6. The molecule has 60 heavy (non-hydrogen) atoms. The molecule has 0 aromatic heterocycles. The van der Waals surface area contributed by atoms with Gasteiger partial charge in [-0.25, -0.2) is 14.2 Å². The van der Waals surface area contributed by atoms with Crippen LogP contribution in [-0.2, 0) is 85.1 Å². The highest BCUT2D eigenvalue weighted by Crippen LogP contribution is 2.37. The minimum atomic E-state index is -5.35. The van der Waals surface area contributed by atoms with E-state index in [9.17, 15) is 53.2 Å². The average Bonchev–Trinajstić information content (AvgIpc) is 3.16. The van der Waals surface area contributed by atoms with Gasteiger partial charge in [-0.05, 0) is 27.2 Å². The second-order valence-corrected chi connectivity index (χ2v) is 16.4. The van der Waals surface area contributed by atoms with Crippen molar-refractivity contribution in [3.05, 3.63) is 0 Å². The van der Waals surface area contributed by atoms with E-state index in [1.54, 1.807) is 13.8 Å². The van der Waals surface area contributed by atoms with Gasteiger partial charge in [0.25, 0.3) is 6.47 Å². The lowest BCUT2D eigenvalue weighted by atomic mass is 9.91. The van der Waals surface area contributed by atoms with Crippen molar-refractivity contribution in [2.45, 2.75) is 176 Å². The van der Waals surface area contributed by atoms with Gasteiger partial charge in [0, 0.05) is 25.2 Å². The minimum Gasteiger partial charge on any atom is -0.479 e. The van der Waals surface area contributed by atoms with Gasteiger partial charge in [0.2, 0.25) is 6.29 Å². The summed E-state index contributed by atoms with van der Waals surface area (Å²) in [5.41, 5.74) is 0. The molecule has 28 heteroatoms. The van der Waals surface area contributed by atoms with E-state index in [1.165, 1.54) is 13.8 Å². The average molecular weight is 917 g/mol. The molecule has 0 saturated carbocycles. The highest BCUT2D eigenvalue weighted by Gasteiger charge is 2.55. The molecule has 8 N–H and O–H groups in total. The number of hydrogen-bond acceptors (Lipinski definition) is 25. The van der Waals surface area contributed by atoms with Crippen molar-refractivity contribution < 1.29 is 124 Å². The Labute approximate surface area is 347 Å². The first kappa shape index (κ1) is 49.5. The third-order valence-corrected chi connectivity index (χ3v) is 11.4. The van der Waals surface area contributed by atoms with Crippen LogP contribution in [0.4, 0.5) is 0 Å². The normalized spacial score (nSPS) is 45.5.